The van der Waals surface area contributed by atoms with Gasteiger partial charge in [-0.05, 0) is 90.5 Å². The lowest BCUT2D eigenvalue weighted by molar-refractivity contribution is -0.122. The van der Waals surface area contributed by atoms with E-state index in [1.807, 2.05) is 42.7 Å². The third-order valence-corrected chi connectivity index (χ3v) is 8.92. The van der Waals surface area contributed by atoms with Gasteiger partial charge in [-0.1, -0.05) is 60.7 Å². The number of fused-ring (bicyclic) bond motifs is 1. The van der Waals surface area contributed by atoms with Gasteiger partial charge in [-0.25, -0.2) is 0 Å². The molecule has 1 fully saturated rings. The summed E-state index contributed by atoms with van der Waals surface area (Å²) < 4.78 is 0. The molecule has 0 aliphatic heterocycles. The van der Waals surface area contributed by atoms with E-state index in [1.165, 1.54) is 16.7 Å². The Morgan fingerprint density at radius 2 is 1.86 bits per heavy atom. The number of pyridine rings is 2. The third-order valence-electron chi connectivity index (χ3n) is 8.92. The Morgan fingerprint density at radius 1 is 1.00 bits per heavy atom. The van der Waals surface area contributed by atoms with E-state index in [0.29, 0.717) is 25.6 Å². The second-order valence-corrected chi connectivity index (χ2v) is 12.0. The third kappa shape index (κ3) is 6.30. The van der Waals surface area contributed by atoms with Crippen molar-refractivity contribution in [2.24, 2.45) is 5.92 Å². The van der Waals surface area contributed by atoms with Crippen molar-refractivity contribution < 1.29 is 9.90 Å². The highest BCUT2D eigenvalue weighted by Crippen LogP contribution is 2.47. The average Bonchev–Trinajstić information content (AvgIpc) is 3.83. The van der Waals surface area contributed by atoms with Gasteiger partial charge >= 0.3 is 0 Å². The molecule has 6 rings (SSSR count). The van der Waals surface area contributed by atoms with Crippen LogP contribution in [0.15, 0.2) is 79.1 Å². The van der Waals surface area contributed by atoms with Gasteiger partial charge in [-0.2, -0.15) is 0 Å². The Labute approximate surface area is 248 Å². The number of benzene rings is 2. The number of amides is 1. The lowest BCUT2D eigenvalue weighted by atomic mass is 9.90. The van der Waals surface area contributed by atoms with Gasteiger partial charge in [0.05, 0.1) is 24.0 Å². The number of aromatic nitrogens is 2. The normalized spacial score (nSPS) is 19.4. The molecule has 0 radical (unpaired) electrons. The Morgan fingerprint density at radius 3 is 2.67 bits per heavy atom. The average molecular weight is 561 g/mol. The molecule has 1 saturated carbocycles. The van der Waals surface area contributed by atoms with E-state index in [-0.39, 0.29) is 24.5 Å². The first-order chi connectivity index (χ1) is 20.5. The summed E-state index contributed by atoms with van der Waals surface area (Å²) in [5.74, 6) is 0.469. The molecule has 42 heavy (non-hydrogen) atoms. The molecule has 3 unspecified atom stereocenters. The van der Waals surface area contributed by atoms with Crippen LogP contribution in [-0.4, -0.2) is 25.9 Å². The first kappa shape index (κ1) is 28.3. The van der Waals surface area contributed by atoms with Gasteiger partial charge in [0.25, 0.3) is 0 Å². The monoisotopic (exact) mass is 560 g/mol. The standard InChI is InChI=1S/C36H40N4O2/c1-24-16-25(2)33(38-19-24)22-40(34-12-6-10-28-11-7-15-37-35(28)34)21-29-14-13-26(17-30(29)23-41)20-39-36(42)32-18-31(32)27-8-4-3-5-9-27/h3-5,7-9,11,13-17,19,31-32,34,41H,6,10,12,18,20-23H2,1-2H3,(H,39,42). The highest BCUT2D eigenvalue weighted by atomic mass is 16.3. The largest absolute Gasteiger partial charge is 0.392 e. The zero-order chi connectivity index (χ0) is 29.1. The van der Waals surface area contributed by atoms with E-state index < -0.39 is 0 Å². The lowest BCUT2D eigenvalue weighted by Crippen LogP contribution is -2.32. The summed E-state index contributed by atoms with van der Waals surface area (Å²) in [5.41, 5.74) is 10.1. The van der Waals surface area contributed by atoms with E-state index in [4.69, 9.17) is 9.97 Å². The summed E-state index contributed by atoms with van der Waals surface area (Å²) >= 11 is 0. The van der Waals surface area contributed by atoms with Crippen molar-refractivity contribution in [3.8, 4) is 0 Å². The van der Waals surface area contributed by atoms with Crippen molar-refractivity contribution in [2.75, 3.05) is 0 Å². The molecular formula is C36H40N4O2. The first-order valence-corrected chi connectivity index (χ1v) is 15.1. The topological polar surface area (TPSA) is 78.4 Å². The Balaban J connectivity index is 1.19. The summed E-state index contributed by atoms with van der Waals surface area (Å²) in [7, 11) is 0. The van der Waals surface area contributed by atoms with Crippen LogP contribution in [0.5, 0.6) is 0 Å². The molecule has 1 amide bonds. The van der Waals surface area contributed by atoms with Crippen LogP contribution in [-0.2, 0) is 37.5 Å². The molecule has 2 heterocycles. The number of nitrogens with one attached hydrogen (secondary N) is 1. The number of carbonyl (C=O) groups is 1. The molecule has 0 spiro atoms. The van der Waals surface area contributed by atoms with Crippen molar-refractivity contribution >= 4 is 5.91 Å². The minimum Gasteiger partial charge on any atom is -0.392 e. The molecule has 2 aromatic heterocycles. The predicted octanol–water partition coefficient (Wildman–Crippen LogP) is 6.09. The fourth-order valence-corrected chi connectivity index (χ4v) is 6.50. The van der Waals surface area contributed by atoms with Crippen LogP contribution in [0.1, 0.15) is 81.6 Å². The van der Waals surface area contributed by atoms with Gasteiger partial charge in [0.15, 0.2) is 0 Å². The molecule has 2 N–H and O–H groups in total. The molecule has 4 aromatic rings. The van der Waals surface area contributed by atoms with Gasteiger partial charge in [-0.3, -0.25) is 19.7 Å². The van der Waals surface area contributed by atoms with Crippen LogP contribution >= 0.6 is 0 Å². The van der Waals surface area contributed by atoms with Crippen molar-refractivity contribution in [1.82, 2.24) is 20.2 Å². The highest BCUT2D eigenvalue weighted by molar-refractivity contribution is 5.82. The van der Waals surface area contributed by atoms with Crippen molar-refractivity contribution in [2.45, 2.75) is 77.7 Å². The quantitative estimate of drug-likeness (QED) is 0.246. The molecule has 6 heteroatoms. The Hall–Kier alpha value is -3.87. The molecule has 6 nitrogen and oxygen atoms in total. The minimum atomic E-state index is -0.0506. The first-order valence-electron chi connectivity index (χ1n) is 15.1. The van der Waals surface area contributed by atoms with Crippen LogP contribution in [0.2, 0.25) is 0 Å². The number of nitrogens with zero attached hydrogens (tertiary/aromatic N) is 3. The smallest absolute Gasteiger partial charge is 0.224 e. The van der Waals surface area contributed by atoms with E-state index in [2.05, 4.69) is 60.5 Å². The molecule has 2 aliphatic rings. The van der Waals surface area contributed by atoms with E-state index in [9.17, 15) is 9.90 Å². The second-order valence-electron chi connectivity index (χ2n) is 12.0. The number of aliphatic hydroxyl groups is 1. The van der Waals surface area contributed by atoms with E-state index in [0.717, 1.165) is 59.3 Å². The van der Waals surface area contributed by atoms with Crippen LogP contribution in [0.25, 0.3) is 0 Å². The molecule has 216 valence electrons. The molecule has 2 aromatic carbocycles. The number of aliphatic hydroxyl groups excluding tert-OH is 1. The van der Waals surface area contributed by atoms with Crippen molar-refractivity contribution in [1.29, 1.82) is 0 Å². The fraction of sp³-hybridized carbons (Fsp3) is 0.361. The van der Waals surface area contributed by atoms with E-state index in [1.54, 1.807) is 0 Å². The molecule has 3 atom stereocenters. The van der Waals surface area contributed by atoms with Crippen LogP contribution in [0.3, 0.4) is 0 Å². The molecule has 2 aliphatic carbocycles. The number of rotatable bonds is 10. The molecule has 0 bridgehead atoms. The van der Waals surface area contributed by atoms with Gasteiger partial charge in [-0.15, -0.1) is 0 Å². The lowest BCUT2D eigenvalue weighted by Gasteiger charge is -2.35. The highest BCUT2D eigenvalue weighted by Gasteiger charge is 2.43. The zero-order valence-corrected chi connectivity index (χ0v) is 24.6. The maximum Gasteiger partial charge on any atom is 0.224 e. The van der Waals surface area contributed by atoms with Gasteiger partial charge in [0.2, 0.25) is 5.91 Å². The van der Waals surface area contributed by atoms with Crippen LogP contribution < -0.4 is 5.32 Å². The minimum absolute atomic E-state index is 0.0448. The SMILES string of the molecule is Cc1cnc(CN(Cc2ccc(CNC(=O)C3CC3c3ccccc3)cc2CO)C2CCCc3cccnc32)c(C)c1. The van der Waals surface area contributed by atoms with Crippen molar-refractivity contribution in [3.05, 3.63) is 129 Å². The predicted molar refractivity (Wildman–Crippen MR) is 164 cm³/mol. The molecular weight excluding hydrogens is 520 g/mol. The summed E-state index contributed by atoms with van der Waals surface area (Å²) in [6, 6.07) is 23.1. The van der Waals surface area contributed by atoms with Crippen molar-refractivity contribution in [3.63, 3.8) is 0 Å². The fourth-order valence-electron chi connectivity index (χ4n) is 6.50. The summed E-state index contributed by atoms with van der Waals surface area (Å²) in [6.45, 7) is 6.00. The Kier molecular flexibility index (Phi) is 8.45. The zero-order valence-electron chi connectivity index (χ0n) is 24.6. The maximum absolute atomic E-state index is 12.8. The number of hydrogen-bond acceptors (Lipinski definition) is 5. The summed E-state index contributed by atoms with van der Waals surface area (Å²) in [6.07, 6.45) is 7.97. The van der Waals surface area contributed by atoms with E-state index >= 15 is 0 Å². The molecule has 0 saturated heterocycles. The van der Waals surface area contributed by atoms with Crippen LogP contribution in [0.4, 0.5) is 0 Å². The maximum atomic E-state index is 12.8. The van der Waals surface area contributed by atoms with Crippen LogP contribution in [0, 0.1) is 19.8 Å². The number of aryl methyl sites for hydroxylation is 3. The van der Waals surface area contributed by atoms with Gasteiger partial charge in [0, 0.05) is 37.9 Å². The number of hydrogen-bond donors (Lipinski definition) is 2. The number of carbonyl (C=O) groups excluding carboxylic acids is 1. The second kappa shape index (κ2) is 12.6. The summed E-state index contributed by atoms with van der Waals surface area (Å²) in [5, 5.41) is 13.5. The Bertz CT molecular complexity index is 1550. The van der Waals surface area contributed by atoms with Gasteiger partial charge < -0.3 is 10.4 Å². The van der Waals surface area contributed by atoms with Gasteiger partial charge in [0.1, 0.15) is 0 Å². The summed E-state index contributed by atoms with van der Waals surface area (Å²) in [4.78, 5) is 25.0.